The third-order valence-electron chi connectivity index (χ3n) is 7.85. The maximum absolute atomic E-state index is 6.69. The van der Waals surface area contributed by atoms with Crippen LogP contribution in [-0.4, -0.2) is 44.8 Å². The van der Waals surface area contributed by atoms with Crippen molar-refractivity contribution in [2.24, 2.45) is 5.73 Å². The van der Waals surface area contributed by atoms with Crippen molar-refractivity contribution >= 4 is 22.5 Å². The minimum atomic E-state index is -1.14. The van der Waals surface area contributed by atoms with Crippen molar-refractivity contribution in [3.8, 4) is 17.0 Å². The van der Waals surface area contributed by atoms with E-state index in [0.717, 1.165) is 76.1 Å². The zero-order chi connectivity index (χ0) is 25.9. The zero-order valence-electron chi connectivity index (χ0n) is 21.8. The average Bonchev–Trinajstić information content (AvgIpc) is 3.44. The summed E-state index contributed by atoms with van der Waals surface area (Å²) in [7, 11) is 4.31. The highest BCUT2D eigenvalue weighted by atomic mass is 16.5. The molecular formula is C28H34N8O. The average molecular weight is 499 g/mol. The van der Waals surface area contributed by atoms with Crippen LogP contribution in [0.25, 0.3) is 22.3 Å². The number of fused-ring (bicyclic) bond motifs is 2. The number of hydrogen-bond donors (Lipinski definition) is 3. The van der Waals surface area contributed by atoms with Crippen LogP contribution in [0.2, 0.25) is 0 Å². The summed E-state index contributed by atoms with van der Waals surface area (Å²) in [5.74, 6) is 0.0825. The van der Waals surface area contributed by atoms with Gasteiger partial charge in [0, 0.05) is 17.2 Å². The Hall–Kier alpha value is -3.69. The van der Waals surface area contributed by atoms with E-state index in [1.807, 2.05) is 31.2 Å². The molecule has 1 atom stereocenters. The number of benzene rings is 2. The fourth-order valence-electron chi connectivity index (χ4n) is 5.85. The number of nitrogens with zero attached hydrogens (tertiary/aromatic N) is 5. The molecule has 1 aliphatic heterocycles. The van der Waals surface area contributed by atoms with Gasteiger partial charge in [0.05, 0.1) is 17.1 Å². The first-order valence-corrected chi connectivity index (χ1v) is 12.9. The van der Waals surface area contributed by atoms with Crippen LogP contribution in [-0.2, 0) is 5.85 Å². The molecule has 1 aliphatic carbocycles. The van der Waals surface area contributed by atoms with E-state index in [2.05, 4.69) is 58.0 Å². The van der Waals surface area contributed by atoms with Crippen LogP contribution in [0.15, 0.2) is 42.7 Å². The molecule has 0 saturated heterocycles. The second kappa shape index (κ2) is 8.71. The van der Waals surface area contributed by atoms with Crippen molar-refractivity contribution in [2.45, 2.75) is 57.5 Å². The summed E-state index contributed by atoms with van der Waals surface area (Å²) in [5.41, 5.74) is 19.5. The largest absolute Gasteiger partial charge is 0.448 e. The van der Waals surface area contributed by atoms with Crippen LogP contribution < -0.4 is 21.5 Å². The summed E-state index contributed by atoms with van der Waals surface area (Å²) in [6, 6.07) is 13.0. The molecule has 5 N–H and O–H groups in total. The highest BCUT2D eigenvalue weighted by Gasteiger charge is 2.38. The number of hydrogen-bond acceptors (Lipinski definition) is 8. The molecule has 1 fully saturated rings. The number of aromatic nitrogens is 4. The van der Waals surface area contributed by atoms with Crippen molar-refractivity contribution in [2.75, 3.05) is 25.1 Å². The van der Waals surface area contributed by atoms with Crippen LogP contribution in [0, 0.1) is 13.8 Å². The van der Waals surface area contributed by atoms with Gasteiger partial charge in [-0.2, -0.15) is 5.10 Å². The molecule has 37 heavy (non-hydrogen) atoms. The number of ether oxygens (including phenoxy) is 1. The molecule has 0 spiro atoms. The molecule has 0 radical (unpaired) electrons. The van der Waals surface area contributed by atoms with Crippen molar-refractivity contribution in [1.82, 2.24) is 24.6 Å². The lowest BCUT2D eigenvalue weighted by Crippen LogP contribution is -2.46. The summed E-state index contributed by atoms with van der Waals surface area (Å²) in [6.45, 7) is 4.09. The minimum absolute atomic E-state index is 0.287. The molecule has 1 saturated carbocycles. The van der Waals surface area contributed by atoms with Gasteiger partial charge in [-0.15, -0.1) is 0 Å². The summed E-state index contributed by atoms with van der Waals surface area (Å²) in [5, 5.41) is 9.21. The van der Waals surface area contributed by atoms with Gasteiger partial charge in [-0.05, 0) is 70.8 Å². The van der Waals surface area contributed by atoms with Gasteiger partial charge >= 0.3 is 0 Å². The van der Waals surface area contributed by atoms with Crippen LogP contribution >= 0.6 is 0 Å². The van der Waals surface area contributed by atoms with Gasteiger partial charge in [0.1, 0.15) is 17.8 Å². The topological polar surface area (TPSA) is 120 Å². The zero-order valence-corrected chi connectivity index (χ0v) is 21.8. The Morgan fingerprint density at radius 3 is 2.49 bits per heavy atom. The lowest BCUT2D eigenvalue weighted by Gasteiger charge is -2.32. The van der Waals surface area contributed by atoms with E-state index in [-0.39, 0.29) is 6.04 Å². The van der Waals surface area contributed by atoms with E-state index < -0.39 is 5.85 Å². The molecule has 2 aliphatic rings. The van der Waals surface area contributed by atoms with Crippen molar-refractivity contribution in [1.29, 1.82) is 0 Å². The first-order chi connectivity index (χ1) is 17.7. The molecule has 3 heterocycles. The number of nitrogen functional groups attached to an aromatic ring is 1. The van der Waals surface area contributed by atoms with E-state index in [4.69, 9.17) is 21.3 Å². The van der Waals surface area contributed by atoms with Gasteiger partial charge in [0.25, 0.3) is 5.85 Å². The number of nitrogens with one attached hydrogen (secondary N) is 1. The van der Waals surface area contributed by atoms with Crippen molar-refractivity contribution in [3.05, 3.63) is 59.4 Å². The number of anilines is 2. The first-order valence-electron chi connectivity index (χ1n) is 12.9. The number of nitrogens with two attached hydrogens (primary N) is 2. The normalized spacial score (nSPS) is 23.2. The monoisotopic (exact) mass is 498 g/mol. The quantitative estimate of drug-likeness (QED) is 0.381. The fourth-order valence-corrected chi connectivity index (χ4v) is 5.85. The predicted molar refractivity (Wildman–Crippen MR) is 146 cm³/mol. The lowest BCUT2D eigenvalue weighted by atomic mass is 9.90. The number of aryl methyl sites for hydroxylation is 2. The van der Waals surface area contributed by atoms with E-state index in [1.54, 1.807) is 0 Å². The lowest BCUT2D eigenvalue weighted by molar-refractivity contribution is 0.125. The Kier molecular flexibility index (Phi) is 5.58. The Balaban J connectivity index is 1.33. The van der Waals surface area contributed by atoms with Gasteiger partial charge in [-0.25, -0.2) is 14.6 Å². The van der Waals surface area contributed by atoms with Crippen molar-refractivity contribution < 1.29 is 4.74 Å². The Morgan fingerprint density at radius 1 is 1.05 bits per heavy atom. The van der Waals surface area contributed by atoms with Crippen LogP contribution in [0.4, 0.5) is 11.5 Å². The van der Waals surface area contributed by atoms with Crippen LogP contribution in [0.5, 0.6) is 5.75 Å². The van der Waals surface area contributed by atoms with E-state index >= 15 is 0 Å². The van der Waals surface area contributed by atoms with Crippen LogP contribution in [0.3, 0.4) is 0 Å². The second-order valence-corrected chi connectivity index (χ2v) is 10.7. The molecule has 2 aromatic heterocycles. The maximum Gasteiger partial charge on any atom is 0.263 e. The molecule has 1 unspecified atom stereocenters. The molecule has 9 nitrogen and oxygen atoms in total. The molecule has 0 bridgehead atoms. The Bertz CT molecular complexity index is 1470. The van der Waals surface area contributed by atoms with Gasteiger partial charge < -0.3 is 20.7 Å². The molecule has 4 aromatic rings. The molecule has 192 valence electrons. The van der Waals surface area contributed by atoms with E-state index in [1.165, 1.54) is 6.33 Å². The first kappa shape index (κ1) is 23.7. The fraction of sp³-hybridized carbons (Fsp3) is 0.393. The third kappa shape index (κ3) is 3.98. The van der Waals surface area contributed by atoms with Gasteiger partial charge in [0.15, 0.2) is 11.4 Å². The molecular weight excluding hydrogens is 464 g/mol. The van der Waals surface area contributed by atoms with E-state index in [0.29, 0.717) is 11.9 Å². The predicted octanol–water partition coefficient (Wildman–Crippen LogP) is 4.31. The molecule has 9 heteroatoms. The standard InChI is InChI=1S/C28H34N8O/c1-16-13-17(2)25-22(14-16)33-28(30,37-25)19-7-5-18(6-8-19)24-23-26(29)31-15-32-27(23)36(34-24)21-11-9-20(10-12-21)35(3)4/h5-8,13-15,20-21,33H,9-12,30H2,1-4H3,(H2,29,31,32). The SMILES string of the molecule is Cc1cc(C)c2c(c1)NC(N)(c1ccc(-c3nn(C4CCC(N(C)C)CC4)c4ncnc(N)c34)cc1)O2. The summed E-state index contributed by atoms with van der Waals surface area (Å²) in [4.78, 5) is 11.2. The summed E-state index contributed by atoms with van der Waals surface area (Å²) >= 11 is 0. The molecule has 0 amide bonds. The second-order valence-electron chi connectivity index (χ2n) is 10.7. The Labute approximate surface area is 216 Å². The summed E-state index contributed by atoms with van der Waals surface area (Å²) < 4.78 is 8.28. The molecule has 6 rings (SSSR count). The van der Waals surface area contributed by atoms with Gasteiger partial charge in [-0.3, -0.25) is 5.73 Å². The highest BCUT2D eigenvalue weighted by Crippen LogP contribution is 2.43. The maximum atomic E-state index is 6.69. The van der Waals surface area contributed by atoms with Crippen molar-refractivity contribution in [3.63, 3.8) is 0 Å². The number of rotatable bonds is 4. The van der Waals surface area contributed by atoms with Gasteiger partial charge in [0.2, 0.25) is 0 Å². The molecule has 2 aromatic carbocycles. The van der Waals surface area contributed by atoms with Gasteiger partial charge in [-0.1, -0.05) is 30.3 Å². The highest BCUT2D eigenvalue weighted by molar-refractivity contribution is 5.98. The van der Waals surface area contributed by atoms with Crippen LogP contribution in [0.1, 0.15) is 48.4 Å². The Morgan fingerprint density at radius 2 is 1.78 bits per heavy atom. The minimum Gasteiger partial charge on any atom is -0.448 e. The summed E-state index contributed by atoms with van der Waals surface area (Å²) in [6.07, 6.45) is 5.91. The third-order valence-corrected chi connectivity index (χ3v) is 7.85. The smallest absolute Gasteiger partial charge is 0.263 e. The van der Waals surface area contributed by atoms with E-state index in [9.17, 15) is 0 Å².